The number of aryl methyl sites for hydroxylation is 1. The number of benzene rings is 1. The van der Waals surface area contributed by atoms with Gasteiger partial charge in [-0.25, -0.2) is 8.78 Å². The summed E-state index contributed by atoms with van der Waals surface area (Å²) in [4.78, 5) is 24.3. The number of hydrogen-bond donors (Lipinski definition) is 2. The van der Waals surface area contributed by atoms with E-state index in [1.165, 1.54) is 7.05 Å². The molecular weight excluding hydrogens is 330 g/mol. The van der Waals surface area contributed by atoms with Gasteiger partial charge < -0.3 is 10.6 Å². The van der Waals surface area contributed by atoms with Gasteiger partial charge in [-0.2, -0.15) is 5.10 Å². The molecule has 1 aromatic heterocycles. The molecule has 2 heterocycles. The lowest BCUT2D eigenvalue weighted by Gasteiger charge is -2.33. The molecule has 0 spiro atoms. The minimum absolute atomic E-state index is 0.103. The minimum Gasteiger partial charge on any atom is -0.347 e. The zero-order valence-electron chi connectivity index (χ0n) is 13.6. The lowest BCUT2D eigenvalue weighted by molar-refractivity contribution is -0.123. The van der Waals surface area contributed by atoms with Crippen molar-refractivity contribution in [1.29, 1.82) is 0 Å². The van der Waals surface area contributed by atoms with E-state index in [0.29, 0.717) is 6.42 Å². The van der Waals surface area contributed by atoms with Crippen LogP contribution in [0.5, 0.6) is 0 Å². The first-order chi connectivity index (χ1) is 12.0. The lowest BCUT2D eigenvalue weighted by Crippen LogP contribution is -2.50. The smallest absolute Gasteiger partial charge is 0.280 e. The van der Waals surface area contributed by atoms with Crippen molar-refractivity contribution < 1.29 is 18.4 Å². The SMILES string of the molecule is Cn1ncc(C(=O)N[C@@H]2CCC(=O)N[C@H]2c2ccccc2)c1C(F)F. The predicted octanol–water partition coefficient (Wildman–Crippen LogP) is 2.11. The second-order valence-corrected chi connectivity index (χ2v) is 5.94. The van der Waals surface area contributed by atoms with Gasteiger partial charge in [-0.15, -0.1) is 0 Å². The molecule has 25 heavy (non-hydrogen) atoms. The van der Waals surface area contributed by atoms with Crippen LogP contribution in [0.25, 0.3) is 0 Å². The Morgan fingerprint density at radius 3 is 2.76 bits per heavy atom. The molecule has 1 aliphatic heterocycles. The number of alkyl halides is 2. The zero-order chi connectivity index (χ0) is 18.0. The lowest BCUT2D eigenvalue weighted by atomic mass is 9.91. The van der Waals surface area contributed by atoms with Crippen molar-refractivity contribution in [2.45, 2.75) is 31.4 Å². The molecule has 2 aromatic rings. The first kappa shape index (κ1) is 17.1. The number of carbonyl (C=O) groups excluding carboxylic acids is 2. The number of halogens is 2. The largest absolute Gasteiger partial charge is 0.347 e. The summed E-state index contributed by atoms with van der Waals surface area (Å²) in [5.41, 5.74) is 0.274. The second kappa shape index (κ2) is 7.00. The molecule has 3 rings (SSSR count). The van der Waals surface area contributed by atoms with E-state index in [2.05, 4.69) is 15.7 Å². The van der Waals surface area contributed by atoms with Gasteiger partial charge in [0.1, 0.15) is 5.69 Å². The van der Waals surface area contributed by atoms with Gasteiger partial charge in [-0.05, 0) is 12.0 Å². The molecule has 0 aliphatic carbocycles. The first-order valence-electron chi connectivity index (χ1n) is 7.92. The fourth-order valence-electron chi connectivity index (χ4n) is 3.06. The van der Waals surface area contributed by atoms with Gasteiger partial charge in [0.15, 0.2) is 0 Å². The van der Waals surface area contributed by atoms with Crippen LogP contribution < -0.4 is 10.6 Å². The number of nitrogens with one attached hydrogen (secondary N) is 2. The monoisotopic (exact) mass is 348 g/mol. The highest BCUT2D eigenvalue weighted by Gasteiger charge is 2.32. The maximum atomic E-state index is 13.2. The molecule has 0 saturated carbocycles. The van der Waals surface area contributed by atoms with Crippen LogP contribution >= 0.6 is 0 Å². The zero-order valence-corrected chi connectivity index (χ0v) is 13.6. The number of carbonyl (C=O) groups is 2. The number of rotatable bonds is 4. The number of hydrogen-bond acceptors (Lipinski definition) is 3. The van der Waals surface area contributed by atoms with Crippen molar-refractivity contribution >= 4 is 11.8 Å². The van der Waals surface area contributed by atoms with Gasteiger partial charge in [0, 0.05) is 13.5 Å². The molecule has 1 saturated heterocycles. The summed E-state index contributed by atoms with van der Waals surface area (Å²) in [5, 5.41) is 9.38. The number of amides is 2. The Morgan fingerprint density at radius 2 is 2.08 bits per heavy atom. The van der Waals surface area contributed by atoms with E-state index in [1.54, 1.807) is 0 Å². The Labute approximate surface area is 143 Å². The van der Waals surface area contributed by atoms with Crippen molar-refractivity contribution in [3.8, 4) is 0 Å². The van der Waals surface area contributed by atoms with Crippen LogP contribution in [0.3, 0.4) is 0 Å². The normalized spacial score (nSPS) is 20.4. The van der Waals surface area contributed by atoms with Crippen molar-refractivity contribution in [2.75, 3.05) is 0 Å². The van der Waals surface area contributed by atoms with Crippen molar-refractivity contribution in [2.24, 2.45) is 7.05 Å². The summed E-state index contributed by atoms with van der Waals surface area (Å²) in [7, 11) is 1.37. The highest BCUT2D eigenvalue weighted by atomic mass is 19.3. The van der Waals surface area contributed by atoms with Gasteiger partial charge >= 0.3 is 0 Å². The summed E-state index contributed by atoms with van der Waals surface area (Å²) >= 11 is 0. The third kappa shape index (κ3) is 3.52. The van der Waals surface area contributed by atoms with E-state index < -0.39 is 30.1 Å². The quantitative estimate of drug-likeness (QED) is 0.888. The molecule has 0 bridgehead atoms. The molecule has 1 fully saturated rings. The fourth-order valence-corrected chi connectivity index (χ4v) is 3.06. The highest BCUT2D eigenvalue weighted by Crippen LogP contribution is 2.26. The van der Waals surface area contributed by atoms with Crippen LogP contribution in [0.1, 0.15) is 46.9 Å². The molecule has 2 atom stereocenters. The fraction of sp³-hybridized carbons (Fsp3) is 0.353. The Kier molecular flexibility index (Phi) is 4.78. The van der Waals surface area contributed by atoms with Gasteiger partial charge in [0.05, 0.1) is 23.8 Å². The van der Waals surface area contributed by atoms with Gasteiger partial charge in [0.2, 0.25) is 5.91 Å². The first-order valence-corrected chi connectivity index (χ1v) is 7.92. The molecule has 8 heteroatoms. The number of piperidine rings is 1. The van der Waals surface area contributed by atoms with Crippen molar-refractivity contribution in [3.05, 3.63) is 53.3 Å². The van der Waals surface area contributed by atoms with Crippen LogP contribution in [0.4, 0.5) is 8.78 Å². The minimum atomic E-state index is -2.80. The summed E-state index contributed by atoms with van der Waals surface area (Å²) < 4.78 is 27.3. The Balaban J connectivity index is 1.83. The number of aromatic nitrogens is 2. The molecular formula is C17H18F2N4O2. The van der Waals surface area contributed by atoms with Crippen molar-refractivity contribution in [1.82, 2.24) is 20.4 Å². The van der Waals surface area contributed by atoms with E-state index in [4.69, 9.17) is 0 Å². The Morgan fingerprint density at radius 1 is 1.36 bits per heavy atom. The van der Waals surface area contributed by atoms with Crippen LogP contribution in [0.2, 0.25) is 0 Å². The number of nitrogens with zero attached hydrogens (tertiary/aromatic N) is 2. The van der Waals surface area contributed by atoms with Gasteiger partial charge in [0.25, 0.3) is 12.3 Å². The predicted molar refractivity (Wildman–Crippen MR) is 86.0 cm³/mol. The maximum absolute atomic E-state index is 13.2. The van der Waals surface area contributed by atoms with E-state index in [1.807, 2.05) is 30.3 Å². The topological polar surface area (TPSA) is 76.0 Å². The molecule has 2 amide bonds. The summed E-state index contributed by atoms with van der Waals surface area (Å²) in [6.07, 6.45) is -0.968. The molecule has 0 unspecified atom stereocenters. The highest BCUT2D eigenvalue weighted by molar-refractivity contribution is 5.95. The molecule has 1 aliphatic rings. The van der Waals surface area contributed by atoms with Gasteiger partial charge in [-0.3, -0.25) is 14.3 Å². The van der Waals surface area contributed by atoms with Crippen LogP contribution in [0.15, 0.2) is 36.5 Å². The molecule has 1 aromatic carbocycles. The second-order valence-electron chi connectivity index (χ2n) is 5.94. The molecule has 2 N–H and O–H groups in total. The summed E-state index contributed by atoms with van der Waals surface area (Å²) in [6, 6.07) is 8.44. The van der Waals surface area contributed by atoms with E-state index in [-0.39, 0.29) is 17.9 Å². The van der Waals surface area contributed by atoms with E-state index in [0.717, 1.165) is 16.4 Å². The average Bonchev–Trinajstić information content (AvgIpc) is 2.99. The average molecular weight is 348 g/mol. The van der Waals surface area contributed by atoms with Gasteiger partial charge in [-0.1, -0.05) is 30.3 Å². The third-order valence-electron chi connectivity index (χ3n) is 4.31. The molecule has 0 radical (unpaired) electrons. The van der Waals surface area contributed by atoms with Crippen LogP contribution in [-0.4, -0.2) is 27.6 Å². The molecule has 132 valence electrons. The van der Waals surface area contributed by atoms with Crippen LogP contribution in [0, 0.1) is 0 Å². The summed E-state index contributed by atoms with van der Waals surface area (Å²) in [5.74, 6) is -0.723. The standard InChI is InChI=1S/C17H18F2N4O2/c1-23-15(16(18)19)11(9-20-23)17(25)21-12-7-8-13(24)22-14(12)10-5-3-2-4-6-10/h2-6,9,12,14,16H,7-8H2,1H3,(H,21,25)(H,22,24)/t12-,14+/m1/s1. The van der Waals surface area contributed by atoms with Crippen LogP contribution in [-0.2, 0) is 11.8 Å². The van der Waals surface area contributed by atoms with E-state index in [9.17, 15) is 18.4 Å². The summed E-state index contributed by atoms with van der Waals surface area (Å²) in [6.45, 7) is 0. The van der Waals surface area contributed by atoms with Crippen molar-refractivity contribution in [3.63, 3.8) is 0 Å². The Hall–Kier alpha value is -2.77. The molecule has 6 nitrogen and oxygen atoms in total. The maximum Gasteiger partial charge on any atom is 0.280 e. The van der Waals surface area contributed by atoms with E-state index >= 15 is 0 Å². The third-order valence-corrected chi connectivity index (χ3v) is 4.31. The Bertz CT molecular complexity index is 776.